The Hall–Kier alpha value is -1.28. The minimum absolute atomic E-state index is 1.10. The van der Waals surface area contributed by atoms with Crippen molar-refractivity contribution < 1.29 is 0 Å². The molecule has 2 heteroatoms. The molecule has 0 radical (unpaired) electrons. The molecule has 2 aliphatic rings. The Morgan fingerprint density at radius 3 is 2.93 bits per heavy atom. The Labute approximate surface area is 90.6 Å². The van der Waals surface area contributed by atoms with E-state index >= 15 is 0 Å². The van der Waals surface area contributed by atoms with E-state index in [0.29, 0.717) is 0 Å². The summed E-state index contributed by atoms with van der Waals surface area (Å²) in [5.74, 6) is 0. The number of nitrogens with zero attached hydrogens (tertiary/aromatic N) is 1. The molecule has 0 aromatic heterocycles. The molecule has 3 rings (SSSR count). The quantitative estimate of drug-likeness (QED) is 0.735. The van der Waals surface area contributed by atoms with Crippen LogP contribution in [0.1, 0.15) is 11.1 Å². The van der Waals surface area contributed by atoms with Gasteiger partial charge in [-0.1, -0.05) is 24.3 Å². The van der Waals surface area contributed by atoms with Crippen LogP contribution in [-0.2, 0) is 13.0 Å². The first-order valence-electron chi connectivity index (χ1n) is 5.65. The number of hydrogen-bond acceptors (Lipinski definition) is 2. The molecule has 0 atom stereocenters. The van der Waals surface area contributed by atoms with Gasteiger partial charge in [0.15, 0.2) is 0 Å². The molecule has 1 aromatic carbocycles. The number of rotatable bonds is 2. The molecule has 0 aliphatic carbocycles. The standard InChI is InChI=1S/C13H16N2/c1-2-9-15(8-1)10-11-4-3-5-13-12(11)6-7-14-13/h1-5,14H,6-10H2. The first kappa shape index (κ1) is 8.98. The van der Waals surface area contributed by atoms with Gasteiger partial charge in [0.05, 0.1) is 0 Å². The Bertz CT molecular complexity index is 388. The van der Waals surface area contributed by atoms with E-state index in [1.807, 2.05) is 0 Å². The van der Waals surface area contributed by atoms with Crippen molar-refractivity contribution in [3.8, 4) is 0 Å². The summed E-state index contributed by atoms with van der Waals surface area (Å²) in [5, 5.41) is 3.43. The Balaban J connectivity index is 1.82. The molecule has 0 bridgehead atoms. The van der Waals surface area contributed by atoms with Gasteiger partial charge in [-0.05, 0) is 23.6 Å². The topological polar surface area (TPSA) is 15.3 Å². The Morgan fingerprint density at radius 1 is 1.20 bits per heavy atom. The van der Waals surface area contributed by atoms with Crippen LogP contribution in [0, 0.1) is 0 Å². The van der Waals surface area contributed by atoms with Crippen molar-refractivity contribution in [2.45, 2.75) is 13.0 Å². The van der Waals surface area contributed by atoms with Crippen molar-refractivity contribution in [3.05, 3.63) is 41.5 Å². The molecule has 0 amide bonds. The molecule has 15 heavy (non-hydrogen) atoms. The lowest BCUT2D eigenvalue weighted by Crippen LogP contribution is -2.19. The van der Waals surface area contributed by atoms with E-state index in [9.17, 15) is 0 Å². The van der Waals surface area contributed by atoms with Gasteiger partial charge in [0.25, 0.3) is 0 Å². The maximum Gasteiger partial charge on any atom is 0.0376 e. The maximum absolute atomic E-state index is 3.43. The van der Waals surface area contributed by atoms with Crippen LogP contribution in [0.5, 0.6) is 0 Å². The Kier molecular flexibility index (Phi) is 2.22. The second kappa shape index (κ2) is 3.70. The van der Waals surface area contributed by atoms with Crippen LogP contribution in [0.25, 0.3) is 0 Å². The molecule has 2 aliphatic heterocycles. The predicted octanol–water partition coefficient (Wildman–Crippen LogP) is 2.03. The zero-order chi connectivity index (χ0) is 10.1. The van der Waals surface area contributed by atoms with Crippen molar-refractivity contribution in [1.29, 1.82) is 0 Å². The van der Waals surface area contributed by atoms with E-state index in [0.717, 1.165) is 26.2 Å². The minimum atomic E-state index is 1.10. The summed E-state index contributed by atoms with van der Waals surface area (Å²) in [6.45, 7) is 4.41. The van der Waals surface area contributed by atoms with Crippen LogP contribution in [0.3, 0.4) is 0 Å². The van der Waals surface area contributed by atoms with Gasteiger partial charge in [0.1, 0.15) is 0 Å². The molecular weight excluding hydrogens is 184 g/mol. The van der Waals surface area contributed by atoms with Crippen LogP contribution in [0.15, 0.2) is 30.4 Å². The van der Waals surface area contributed by atoms with E-state index in [-0.39, 0.29) is 0 Å². The number of nitrogens with one attached hydrogen (secondary N) is 1. The third-order valence-electron chi connectivity index (χ3n) is 3.25. The second-order valence-corrected chi connectivity index (χ2v) is 4.29. The van der Waals surface area contributed by atoms with E-state index in [4.69, 9.17) is 0 Å². The van der Waals surface area contributed by atoms with E-state index < -0.39 is 0 Å². The van der Waals surface area contributed by atoms with Gasteiger partial charge in [-0.15, -0.1) is 0 Å². The number of benzene rings is 1. The molecule has 0 saturated carbocycles. The monoisotopic (exact) mass is 200 g/mol. The van der Waals surface area contributed by atoms with Gasteiger partial charge in [-0.2, -0.15) is 0 Å². The van der Waals surface area contributed by atoms with E-state index in [1.54, 1.807) is 0 Å². The summed E-state index contributed by atoms with van der Waals surface area (Å²) in [5.41, 5.74) is 4.38. The number of hydrogen-bond donors (Lipinski definition) is 1. The molecular formula is C13H16N2. The van der Waals surface area contributed by atoms with Crippen molar-refractivity contribution in [1.82, 2.24) is 4.90 Å². The fourth-order valence-corrected chi connectivity index (χ4v) is 2.46. The van der Waals surface area contributed by atoms with Gasteiger partial charge in [0, 0.05) is 31.9 Å². The van der Waals surface area contributed by atoms with Crippen LogP contribution in [-0.4, -0.2) is 24.5 Å². The summed E-state index contributed by atoms with van der Waals surface area (Å²) in [4.78, 5) is 2.47. The third-order valence-corrected chi connectivity index (χ3v) is 3.25. The van der Waals surface area contributed by atoms with Crippen molar-refractivity contribution in [3.63, 3.8) is 0 Å². The van der Waals surface area contributed by atoms with E-state index in [2.05, 4.69) is 40.6 Å². The van der Waals surface area contributed by atoms with Crippen molar-refractivity contribution in [2.75, 3.05) is 25.0 Å². The average Bonchev–Trinajstić information content (AvgIpc) is 2.87. The average molecular weight is 200 g/mol. The van der Waals surface area contributed by atoms with E-state index in [1.165, 1.54) is 23.2 Å². The first-order valence-corrected chi connectivity index (χ1v) is 5.65. The highest BCUT2D eigenvalue weighted by molar-refractivity contribution is 5.58. The summed E-state index contributed by atoms with van der Waals surface area (Å²) in [6.07, 6.45) is 5.69. The normalized spacial score (nSPS) is 19.2. The van der Waals surface area contributed by atoms with Crippen LogP contribution in [0.2, 0.25) is 0 Å². The molecule has 2 nitrogen and oxygen atoms in total. The van der Waals surface area contributed by atoms with Gasteiger partial charge >= 0.3 is 0 Å². The molecule has 0 spiro atoms. The highest BCUT2D eigenvalue weighted by Gasteiger charge is 2.15. The minimum Gasteiger partial charge on any atom is -0.384 e. The second-order valence-electron chi connectivity index (χ2n) is 4.29. The lowest BCUT2D eigenvalue weighted by molar-refractivity contribution is 0.344. The van der Waals surface area contributed by atoms with Gasteiger partial charge in [0.2, 0.25) is 0 Å². The molecule has 0 fully saturated rings. The molecule has 1 aromatic rings. The SMILES string of the molecule is C1=CCN(Cc2cccc3c2CCN3)C1. The van der Waals surface area contributed by atoms with Gasteiger partial charge in [-0.25, -0.2) is 0 Å². The highest BCUT2D eigenvalue weighted by Crippen LogP contribution is 2.26. The summed E-state index contributed by atoms with van der Waals surface area (Å²) < 4.78 is 0. The molecule has 0 unspecified atom stereocenters. The Morgan fingerprint density at radius 2 is 2.07 bits per heavy atom. The fraction of sp³-hybridized carbons (Fsp3) is 0.385. The van der Waals surface area contributed by atoms with Crippen molar-refractivity contribution in [2.24, 2.45) is 0 Å². The zero-order valence-electron chi connectivity index (χ0n) is 8.87. The predicted molar refractivity (Wildman–Crippen MR) is 63.1 cm³/mol. The third kappa shape index (κ3) is 1.65. The maximum atomic E-state index is 3.43. The molecule has 0 saturated heterocycles. The lowest BCUT2D eigenvalue weighted by Gasteiger charge is -2.16. The van der Waals surface area contributed by atoms with Gasteiger partial charge in [-0.3, -0.25) is 4.90 Å². The summed E-state index contributed by atoms with van der Waals surface area (Å²) in [6, 6.07) is 6.62. The molecule has 2 heterocycles. The van der Waals surface area contributed by atoms with Crippen molar-refractivity contribution >= 4 is 5.69 Å². The molecule has 78 valence electrons. The van der Waals surface area contributed by atoms with Gasteiger partial charge < -0.3 is 5.32 Å². The highest BCUT2D eigenvalue weighted by atomic mass is 15.1. The largest absolute Gasteiger partial charge is 0.384 e. The van der Waals surface area contributed by atoms with Crippen LogP contribution in [0.4, 0.5) is 5.69 Å². The fourth-order valence-electron chi connectivity index (χ4n) is 2.46. The summed E-state index contributed by atoms with van der Waals surface area (Å²) in [7, 11) is 0. The van der Waals surface area contributed by atoms with Crippen LogP contribution >= 0.6 is 0 Å². The lowest BCUT2D eigenvalue weighted by atomic mass is 10.0. The number of anilines is 1. The molecule has 1 N–H and O–H groups in total. The smallest absolute Gasteiger partial charge is 0.0376 e. The summed E-state index contributed by atoms with van der Waals surface area (Å²) >= 11 is 0. The first-order chi connectivity index (χ1) is 7.43. The van der Waals surface area contributed by atoms with Crippen LogP contribution < -0.4 is 5.32 Å². The number of fused-ring (bicyclic) bond motifs is 1. The zero-order valence-corrected chi connectivity index (χ0v) is 8.87.